The first-order valence-electron chi connectivity index (χ1n) is 5.47. The van der Waals surface area contributed by atoms with Gasteiger partial charge in [0.05, 0.1) is 19.2 Å². The Balaban J connectivity index is 2.23. The molecule has 0 saturated heterocycles. The highest BCUT2D eigenvalue weighted by atomic mass is 16.5. The van der Waals surface area contributed by atoms with Crippen molar-refractivity contribution < 1.29 is 9.53 Å². The normalized spacial score (nSPS) is 14.5. The molecule has 0 N–H and O–H groups in total. The number of anilines is 1. The molecule has 1 aliphatic heterocycles. The Bertz CT molecular complexity index is 404. The Hall–Kier alpha value is -1.58. The summed E-state index contributed by atoms with van der Waals surface area (Å²) in [5, 5.41) is 0. The molecule has 0 radical (unpaired) electrons. The molecule has 2 heterocycles. The number of nitrogens with zero attached hydrogens (tertiary/aromatic N) is 2. The van der Waals surface area contributed by atoms with Crippen LogP contribution < -0.4 is 4.90 Å². The number of esters is 1. The molecule has 0 aliphatic carbocycles. The summed E-state index contributed by atoms with van der Waals surface area (Å²) in [6.45, 7) is 1.03. The third-order valence-corrected chi connectivity index (χ3v) is 2.87. The number of methoxy groups -OCH3 is 1. The lowest BCUT2D eigenvalue weighted by atomic mass is 10.1. The van der Waals surface area contributed by atoms with Crippen LogP contribution in [0.3, 0.4) is 0 Å². The molecule has 1 aliphatic rings. The van der Waals surface area contributed by atoms with E-state index in [1.54, 1.807) is 0 Å². The van der Waals surface area contributed by atoms with Crippen LogP contribution in [0.1, 0.15) is 17.7 Å². The van der Waals surface area contributed by atoms with Gasteiger partial charge in [-0.15, -0.1) is 0 Å². The Labute approximate surface area is 95.2 Å². The number of carbonyl (C=O) groups excluding carboxylic acids is 1. The van der Waals surface area contributed by atoms with Gasteiger partial charge in [0.1, 0.15) is 5.82 Å². The summed E-state index contributed by atoms with van der Waals surface area (Å²) in [4.78, 5) is 17.8. The van der Waals surface area contributed by atoms with Crippen molar-refractivity contribution in [2.45, 2.75) is 19.3 Å². The van der Waals surface area contributed by atoms with Crippen LogP contribution in [0.15, 0.2) is 12.1 Å². The first-order valence-corrected chi connectivity index (χ1v) is 5.47. The van der Waals surface area contributed by atoms with E-state index >= 15 is 0 Å². The van der Waals surface area contributed by atoms with E-state index in [2.05, 4.69) is 20.7 Å². The minimum Gasteiger partial charge on any atom is -0.469 e. The molecule has 1 aromatic heterocycles. The van der Waals surface area contributed by atoms with E-state index in [0.29, 0.717) is 0 Å². The second-order valence-electron chi connectivity index (χ2n) is 4.06. The molecule has 0 bridgehead atoms. The molecule has 0 unspecified atom stereocenters. The zero-order valence-electron chi connectivity index (χ0n) is 9.69. The van der Waals surface area contributed by atoms with E-state index in [1.807, 2.05) is 13.1 Å². The van der Waals surface area contributed by atoms with Crippen LogP contribution in [0, 0.1) is 0 Å². The number of carbonyl (C=O) groups is 1. The fourth-order valence-corrected chi connectivity index (χ4v) is 1.97. The van der Waals surface area contributed by atoms with Crippen molar-refractivity contribution in [3.05, 3.63) is 23.4 Å². The summed E-state index contributed by atoms with van der Waals surface area (Å²) in [6, 6.07) is 3.98. The predicted molar refractivity (Wildman–Crippen MR) is 61.5 cm³/mol. The first kappa shape index (κ1) is 10.9. The van der Waals surface area contributed by atoms with Crippen molar-refractivity contribution in [2.75, 3.05) is 25.6 Å². The van der Waals surface area contributed by atoms with Crippen LogP contribution in [0.25, 0.3) is 0 Å². The van der Waals surface area contributed by atoms with Gasteiger partial charge in [-0.3, -0.25) is 4.79 Å². The molecule has 0 amide bonds. The van der Waals surface area contributed by atoms with E-state index in [4.69, 9.17) is 0 Å². The molecule has 0 fully saturated rings. The van der Waals surface area contributed by atoms with Crippen LogP contribution in [-0.4, -0.2) is 31.7 Å². The number of ether oxygens (including phenoxy) is 1. The predicted octanol–water partition coefficient (Wildman–Crippen LogP) is 1.18. The summed E-state index contributed by atoms with van der Waals surface area (Å²) in [5.41, 5.74) is 2.04. The maximum atomic E-state index is 11.2. The lowest BCUT2D eigenvalue weighted by molar-refractivity contribution is -0.139. The van der Waals surface area contributed by atoms with E-state index in [9.17, 15) is 4.79 Å². The van der Waals surface area contributed by atoms with Gasteiger partial charge < -0.3 is 9.64 Å². The lowest BCUT2D eigenvalue weighted by Gasteiger charge is -2.26. The largest absolute Gasteiger partial charge is 0.469 e. The zero-order chi connectivity index (χ0) is 11.5. The van der Waals surface area contributed by atoms with Crippen LogP contribution in [-0.2, 0) is 22.4 Å². The summed E-state index contributed by atoms with van der Waals surface area (Å²) in [7, 11) is 3.43. The third kappa shape index (κ3) is 2.15. The Morgan fingerprint density at radius 2 is 2.38 bits per heavy atom. The molecule has 4 nitrogen and oxygen atoms in total. The van der Waals surface area contributed by atoms with Crippen molar-refractivity contribution in [3.63, 3.8) is 0 Å². The maximum Gasteiger partial charge on any atom is 0.311 e. The number of aromatic nitrogens is 1. The highest BCUT2D eigenvalue weighted by Crippen LogP contribution is 2.23. The summed E-state index contributed by atoms with van der Waals surface area (Å²) < 4.78 is 4.63. The van der Waals surface area contributed by atoms with Crippen molar-refractivity contribution in [1.29, 1.82) is 0 Å². The average molecular weight is 220 g/mol. The van der Waals surface area contributed by atoms with Crippen molar-refractivity contribution in [2.24, 2.45) is 0 Å². The highest BCUT2D eigenvalue weighted by molar-refractivity contribution is 5.72. The fraction of sp³-hybridized carbons (Fsp3) is 0.500. The summed E-state index contributed by atoms with van der Waals surface area (Å²) in [6.07, 6.45) is 2.49. The number of rotatable bonds is 2. The summed E-state index contributed by atoms with van der Waals surface area (Å²) >= 11 is 0. The quantitative estimate of drug-likeness (QED) is 0.702. The van der Waals surface area contributed by atoms with E-state index in [1.165, 1.54) is 19.1 Å². The van der Waals surface area contributed by atoms with Crippen LogP contribution in [0.5, 0.6) is 0 Å². The van der Waals surface area contributed by atoms with E-state index in [0.717, 1.165) is 24.5 Å². The molecule has 0 atom stereocenters. The third-order valence-electron chi connectivity index (χ3n) is 2.87. The molecule has 86 valence electrons. The Morgan fingerprint density at radius 1 is 1.56 bits per heavy atom. The number of hydrogen-bond acceptors (Lipinski definition) is 4. The Kier molecular flexibility index (Phi) is 3.08. The maximum absolute atomic E-state index is 11.2. The van der Waals surface area contributed by atoms with Gasteiger partial charge in [-0.25, -0.2) is 4.98 Å². The van der Waals surface area contributed by atoms with Crippen molar-refractivity contribution in [3.8, 4) is 0 Å². The number of aryl methyl sites for hydroxylation is 1. The molecular weight excluding hydrogens is 204 g/mol. The molecule has 0 spiro atoms. The molecule has 2 rings (SSSR count). The first-order chi connectivity index (χ1) is 7.70. The van der Waals surface area contributed by atoms with Crippen LogP contribution in [0.2, 0.25) is 0 Å². The zero-order valence-corrected chi connectivity index (χ0v) is 9.69. The minimum absolute atomic E-state index is 0.245. The SMILES string of the molecule is COC(=O)Cc1ccc2c(n1)N(C)CCC2. The molecule has 16 heavy (non-hydrogen) atoms. The molecule has 0 aromatic carbocycles. The standard InChI is InChI=1S/C12H16N2O2/c1-14-7-3-4-9-5-6-10(13-12(9)14)8-11(15)16-2/h5-6H,3-4,7-8H2,1-2H3. The van der Waals surface area contributed by atoms with Gasteiger partial charge in [0, 0.05) is 13.6 Å². The monoisotopic (exact) mass is 220 g/mol. The van der Waals surface area contributed by atoms with Gasteiger partial charge in [-0.2, -0.15) is 0 Å². The van der Waals surface area contributed by atoms with Crippen LogP contribution in [0.4, 0.5) is 5.82 Å². The van der Waals surface area contributed by atoms with Gasteiger partial charge >= 0.3 is 5.97 Å². The number of pyridine rings is 1. The second-order valence-corrected chi connectivity index (χ2v) is 4.06. The minimum atomic E-state index is -0.245. The highest BCUT2D eigenvalue weighted by Gasteiger charge is 2.16. The fourth-order valence-electron chi connectivity index (χ4n) is 1.97. The lowest BCUT2D eigenvalue weighted by Crippen LogP contribution is -2.26. The van der Waals surface area contributed by atoms with Gasteiger partial charge in [-0.05, 0) is 24.5 Å². The average Bonchev–Trinajstić information content (AvgIpc) is 2.30. The van der Waals surface area contributed by atoms with Crippen molar-refractivity contribution in [1.82, 2.24) is 4.98 Å². The van der Waals surface area contributed by atoms with Gasteiger partial charge in [0.2, 0.25) is 0 Å². The van der Waals surface area contributed by atoms with E-state index in [-0.39, 0.29) is 12.4 Å². The molecule has 0 saturated carbocycles. The molecule has 4 heteroatoms. The summed E-state index contributed by atoms with van der Waals surface area (Å²) in [5.74, 6) is 0.763. The van der Waals surface area contributed by atoms with Gasteiger partial charge in [0.25, 0.3) is 0 Å². The van der Waals surface area contributed by atoms with Gasteiger partial charge in [-0.1, -0.05) is 6.07 Å². The van der Waals surface area contributed by atoms with E-state index < -0.39 is 0 Å². The van der Waals surface area contributed by atoms with Crippen LogP contribution >= 0.6 is 0 Å². The topological polar surface area (TPSA) is 42.4 Å². The van der Waals surface area contributed by atoms with Crippen molar-refractivity contribution >= 4 is 11.8 Å². The number of fused-ring (bicyclic) bond motifs is 1. The van der Waals surface area contributed by atoms with Gasteiger partial charge in [0.15, 0.2) is 0 Å². The second kappa shape index (κ2) is 4.51. The smallest absolute Gasteiger partial charge is 0.311 e. The number of hydrogen-bond donors (Lipinski definition) is 0. The Morgan fingerprint density at radius 3 is 3.12 bits per heavy atom. The molecule has 1 aromatic rings. The molecular formula is C12H16N2O2.